The zero-order valence-electron chi connectivity index (χ0n) is 17.6. The van der Waals surface area contributed by atoms with Crippen LogP contribution in [-0.2, 0) is 4.74 Å². The lowest BCUT2D eigenvalue weighted by Gasteiger charge is -2.20. The Morgan fingerprint density at radius 1 is 1.18 bits per heavy atom. The van der Waals surface area contributed by atoms with Crippen LogP contribution in [0.15, 0.2) is 35.3 Å². The van der Waals surface area contributed by atoms with Crippen LogP contribution in [0.5, 0.6) is 0 Å². The summed E-state index contributed by atoms with van der Waals surface area (Å²) in [4.78, 5) is 18.8. The van der Waals surface area contributed by atoms with Crippen molar-refractivity contribution >= 4 is 17.7 Å². The Labute approximate surface area is 168 Å². The molecule has 1 aromatic rings. The number of anilines is 1. The first-order chi connectivity index (χ1) is 13.4. The molecule has 1 fully saturated rings. The van der Waals surface area contributed by atoms with Crippen LogP contribution < -0.4 is 20.9 Å². The number of para-hydroxylation sites is 1. The van der Waals surface area contributed by atoms with Crippen molar-refractivity contribution in [1.29, 1.82) is 0 Å². The molecule has 7 heteroatoms. The predicted octanol–water partition coefficient (Wildman–Crippen LogP) is 2.59. The number of nitrogens with zero attached hydrogens (tertiary/aromatic N) is 2. The third-order valence-corrected chi connectivity index (χ3v) is 4.34. The molecule has 28 heavy (non-hydrogen) atoms. The number of carbonyl (C=O) groups is 1. The molecule has 3 N–H and O–H groups in total. The van der Waals surface area contributed by atoms with E-state index in [9.17, 15) is 4.79 Å². The average molecular weight is 390 g/mol. The fraction of sp³-hybridized carbons (Fsp3) is 0.619. The van der Waals surface area contributed by atoms with Gasteiger partial charge in [-0.05, 0) is 52.2 Å². The predicted molar refractivity (Wildman–Crippen MR) is 115 cm³/mol. The molecule has 1 heterocycles. The zero-order chi connectivity index (χ0) is 20.4. The van der Waals surface area contributed by atoms with E-state index in [0.29, 0.717) is 19.0 Å². The van der Waals surface area contributed by atoms with E-state index in [4.69, 9.17) is 9.73 Å². The van der Waals surface area contributed by atoms with Gasteiger partial charge in [0.25, 0.3) is 0 Å². The first-order valence-corrected chi connectivity index (χ1v) is 10.2. The van der Waals surface area contributed by atoms with E-state index in [1.165, 1.54) is 5.69 Å². The van der Waals surface area contributed by atoms with Crippen LogP contribution in [0.2, 0.25) is 0 Å². The molecule has 0 bridgehead atoms. The molecule has 7 nitrogen and oxygen atoms in total. The van der Waals surface area contributed by atoms with Crippen LogP contribution in [-0.4, -0.2) is 56.9 Å². The second-order valence-electron chi connectivity index (χ2n) is 8.01. The van der Waals surface area contributed by atoms with Crippen molar-refractivity contribution in [2.45, 2.75) is 39.7 Å². The zero-order valence-corrected chi connectivity index (χ0v) is 17.6. The van der Waals surface area contributed by atoms with E-state index in [2.05, 4.69) is 45.1 Å². The molecule has 1 amide bonds. The number of rotatable bonds is 7. The second-order valence-corrected chi connectivity index (χ2v) is 8.01. The van der Waals surface area contributed by atoms with Gasteiger partial charge >= 0.3 is 6.09 Å². The summed E-state index contributed by atoms with van der Waals surface area (Å²) in [5, 5.41) is 9.26. The number of amides is 1. The van der Waals surface area contributed by atoms with Crippen LogP contribution in [0.1, 0.15) is 34.1 Å². The molecule has 2 rings (SSSR count). The van der Waals surface area contributed by atoms with Gasteiger partial charge in [-0.25, -0.2) is 4.79 Å². The summed E-state index contributed by atoms with van der Waals surface area (Å²) in [5.74, 6) is 1.34. The smallest absolute Gasteiger partial charge is 0.407 e. The highest BCUT2D eigenvalue weighted by atomic mass is 16.6. The Hall–Kier alpha value is -2.44. The first-order valence-electron chi connectivity index (χ1n) is 10.2. The van der Waals surface area contributed by atoms with E-state index >= 15 is 0 Å². The van der Waals surface area contributed by atoms with Crippen molar-refractivity contribution in [3.8, 4) is 0 Å². The summed E-state index contributed by atoms with van der Waals surface area (Å²) in [6.07, 6.45) is 0.751. The molecule has 0 aromatic heterocycles. The summed E-state index contributed by atoms with van der Waals surface area (Å²) >= 11 is 0. The van der Waals surface area contributed by atoms with Crippen LogP contribution in [0, 0.1) is 5.92 Å². The van der Waals surface area contributed by atoms with Gasteiger partial charge in [0.1, 0.15) is 5.60 Å². The third-order valence-electron chi connectivity index (χ3n) is 4.34. The van der Waals surface area contributed by atoms with Gasteiger partial charge in [-0.15, -0.1) is 0 Å². The minimum atomic E-state index is -0.483. The number of hydrogen-bond acceptors (Lipinski definition) is 4. The fourth-order valence-electron chi connectivity index (χ4n) is 3.08. The quantitative estimate of drug-likeness (QED) is 0.380. The molecule has 1 saturated heterocycles. The summed E-state index contributed by atoms with van der Waals surface area (Å²) in [6.45, 7) is 12.4. The van der Waals surface area contributed by atoms with E-state index in [-0.39, 0.29) is 0 Å². The molecule has 1 atom stereocenters. The van der Waals surface area contributed by atoms with Gasteiger partial charge in [-0.3, -0.25) is 4.99 Å². The van der Waals surface area contributed by atoms with Crippen LogP contribution in [0.4, 0.5) is 10.5 Å². The highest BCUT2D eigenvalue weighted by Gasteiger charge is 2.22. The number of ether oxygens (including phenoxy) is 1. The van der Waals surface area contributed by atoms with Crippen molar-refractivity contribution < 1.29 is 9.53 Å². The molecule has 0 spiro atoms. The number of alkyl carbamates (subject to hydrolysis) is 1. The molecule has 1 aromatic carbocycles. The maximum absolute atomic E-state index is 11.7. The third kappa shape index (κ3) is 8.06. The molecule has 0 radical (unpaired) electrons. The molecule has 1 aliphatic rings. The number of aliphatic imine (C=N–C) groups is 1. The average Bonchev–Trinajstić information content (AvgIpc) is 3.11. The Balaban J connectivity index is 1.72. The minimum Gasteiger partial charge on any atom is -0.444 e. The number of guanidine groups is 1. The Morgan fingerprint density at radius 3 is 2.57 bits per heavy atom. The standard InChI is InChI=1S/C21H35N5O2/c1-5-22-19(23-12-13-24-20(27)28-21(2,3)4)25-15-17-11-14-26(16-17)18-9-7-6-8-10-18/h6-10,17H,5,11-16H2,1-4H3,(H,24,27)(H2,22,23,25). The van der Waals surface area contributed by atoms with Crippen LogP contribution in [0.25, 0.3) is 0 Å². The fourth-order valence-corrected chi connectivity index (χ4v) is 3.08. The Morgan fingerprint density at radius 2 is 1.89 bits per heavy atom. The molecular weight excluding hydrogens is 354 g/mol. The lowest BCUT2D eigenvalue weighted by molar-refractivity contribution is 0.0529. The number of benzene rings is 1. The first kappa shape index (κ1) is 21.9. The van der Waals surface area contributed by atoms with Gasteiger partial charge in [0.15, 0.2) is 5.96 Å². The molecular formula is C21H35N5O2. The van der Waals surface area contributed by atoms with E-state index < -0.39 is 11.7 Å². The molecule has 1 aliphatic heterocycles. The van der Waals surface area contributed by atoms with Gasteiger partial charge < -0.3 is 25.6 Å². The lowest BCUT2D eigenvalue weighted by atomic mass is 10.1. The van der Waals surface area contributed by atoms with Gasteiger partial charge in [0.2, 0.25) is 0 Å². The van der Waals surface area contributed by atoms with E-state index in [0.717, 1.165) is 38.6 Å². The molecule has 0 saturated carbocycles. The van der Waals surface area contributed by atoms with Crippen molar-refractivity contribution in [3.63, 3.8) is 0 Å². The molecule has 0 aliphatic carbocycles. The lowest BCUT2D eigenvalue weighted by Crippen LogP contribution is -2.42. The highest BCUT2D eigenvalue weighted by Crippen LogP contribution is 2.23. The van der Waals surface area contributed by atoms with Gasteiger partial charge in [0.05, 0.1) is 0 Å². The second kappa shape index (κ2) is 10.8. The van der Waals surface area contributed by atoms with E-state index in [1.54, 1.807) is 0 Å². The summed E-state index contributed by atoms with van der Waals surface area (Å²) in [7, 11) is 0. The van der Waals surface area contributed by atoms with Gasteiger partial charge in [-0.2, -0.15) is 0 Å². The highest BCUT2D eigenvalue weighted by molar-refractivity contribution is 5.79. The van der Waals surface area contributed by atoms with Crippen molar-refractivity contribution in [1.82, 2.24) is 16.0 Å². The van der Waals surface area contributed by atoms with Crippen molar-refractivity contribution in [3.05, 3.63) is 30.3 Å². The minimum absolute atomic E-state index is 0.400. The van der Waals surface area contributed by atoms with Crippen LogP contribution >= 0.6 is 0 Å². The van der Waals surface area contributed by atoms with Gasteiger partial charge in [-0.1, -0.05) is 18.2 Å². The van der Waals surface area contributed by atoms with Crippen molar-refractivity contribution in [2.75, 3.05) is 44.2 Å². The normalized spacial score (nSPS) is 17.4. The molecule has 156 valence electrons. The Kier molecular flexibility index (Phi) is 8.42. The topological polar surface area (TPSA) is 78.0 Å². The largest absolute Gasteiger partial charge is 0.444 e. The SMILES string of the molecule is CCNC(=NCC1CCN(c2ccccc2)C1)NCCNC(=O)OC(C)(C)C. The number of nitrogens with one attached hydrogen (secondary N) is 3. The van der Waals surface area contributed by atoms with Crippen LogP contribution in [0.3, 0.4) is 0 Å². The summed E-state index contributed by atoms with van der Waals surface area (Å²) in [5.41, 5.74) is 0.801. The van der Waals surface area contributed by atoms with Gasteiger partial charge in [0, 0.05) is 45.0 Å². The summed E-state index contributed by atoms with van der Waals surface area (Å²) in [6, 6.07) is 10.5. The monoisotopic (exact) mass is 389 g/mol. The molecule has 1 unspecified atom stereocenters. The number of hydrogen-bond donors (Lipinski definition) is 3. The maximum atomic E-state index is 11.7. The van der Waals surface area contributed by atoms with E-state index in [1.807, 2.05) is 33.8 Å². The van der Waals surface area contributed by atoms with Crippen molar-refractivity contribution in [2.24, 2.45) is 10.9 Å². The summed E-state index contributed by atoms with van der Waals surface area (Å²) < 4.78 is 5.23. The Bertz CT molecular complexity index is 627. The number of carbonyl (C=O) groups excluding carboxylic acids is 1. The maximum Gasteiger partial charge on any atom is 0.407 e.